The van der Waals surface area contributed by atoms with E-state index in [1.807, 2.05) is 0 Å². The van der Waals surface area contributed by atoms with E-state index in [4.69, 9.17) is 16.9 Å². The van der Waals surface area contributed by atoms with Crippen molar-refractivity contribution in [2.75, 3.05) is 0 Å². The van der Waals surface area contributed by atoms with E-state index >= 15 is 0 Å². The van der Waals surface area contributed by atoms with Gasteiger partial charge >= 0.3 is 6.36 Å². The Labute approximate surface area is 96.4 Å². The van der Waals surface area contributed by atoms with Crippen LogP contribution >= 0.6 is 11.6 Å². The lowest BCUT2D eigenvalue weighted by molar-refractivity contribution is -0.276. The first-order valence-electron chi connectivity index (χ1n) is 3.89. The molecule has 0 aliphatic rings. The minimum Gasteiger partial charge on any atom is -0.387 e. The van der Waals surface area contributed by atoms with E-state index in [1.165, 1.54) is 6.07 Å². The zero-order valence-corrected chi connectivity index (χ0v) is 8.48. The van der Waals surface area contributed by atoms with Crippen molar-refractivity contribution >= 4 is 11.6 Å². The van der Waals surface area contributed by atoms with Crippen LogP contribution in [0.4, 0.5) is 22.0 Å². The first-order chi connectivity index (χ1) is 7.74. The molecule has 0 aliphatic heterocycles. The summed E-state index contributed by atoms with van der Waals surface area (Å²) in [7, 11) is 0. The molecule has 0 aromatic carbocycles. The van der Waals surface area contributed by atoms with Gasteiger partial charge in [-0.25, -0.2) is 13.8 Å². The van der Waals surface area contributed by atoms with Crippen molar-refractivity contribution in [3.05, 3.63) is 22.3 Å². The molecule has 92 valence electrons. The normalized spacial score (nSPS) is 11.4. The van der Waals surface area contributed by atoms with Gasteiger partial charge in [0.15, 0.2) is 0 Å². The Bertz CT molecular complexity index is 468. The van der Waals surface area contributed by atoms with E-state index in [0.29, 0.717) is 0 Å². The quantitative estimate of drug-likeness (QED) is 0.775. The van der Waals surface area contributed by atoms with Crippen LogP contribution in [0.25, 0.3) is 0 Å². The lowest BCUT2D eigenvalue weighted by Crippen LogP contribution is -2.19. The van der Waals surface area contributed by atoms with Crippen LogP contribution in [0.2, 0.25) is 5.02 Å². The zero-order chi connectivity index (χ0) is 13.2. The molecular formula is C8H2ClF5N2O. The Balaban J connectivity index is 3.34. The predicted octanol–water partition coefficient (Wildman–Crippen LogP) is 3.44. The van der Waals surface area contributed by atoms with E-state index in [1.54, 1.807) is 0 Å². The van der Waals surface area contributed by atoms with Crippen molar-refractivity contribution < 1.29 is 26.7 Å². The number of rotatable bonds is 2. The van der Waals surface area contributed by atoms with Crippen molar-refractivity contribution in [1.29, 1.82) is 5.26 Å². The molecule has 0 saturated carbocycles. The number of aromatic nitrogens is 1. The molecule has 0 radical (unpaired) electrons. The highest BCUT2D eigenvalue weighted by Gasteiger charge is 2.35. The molecule has 1 heterocycles. The second-order valence-corrected chi connectivity index (χ2v) is 3.08. The van der Waals surface area contributed by atoms with Gasteiger partial charge in [-0.05, 0) is 6.07 Å². The third-order valence-electron chi connectivity index (χ3n) is 1.52. The summed E-state index contributed by atoms with van der Waals surface area (Å²) in [6, 6.07) is 2.10. The van der Waals surface area contributed by atoms with Crippen molar-refractivity contribution in [3.8, 4) is 11.9 Å². The molecule has 0 atom stereocenters. The molecular weight excluding hydrogens is 271 g/mol. The van der Waals surface area contributed by atoms with Gasteiger partial charge in [-0.1, -0.05) is 11.6 Å². The van der Waals surface area contributed by atoms with Crippen molar-refractivity contribution in [2.45, 2.75) is 12.8 Å². The number of hydrogen-bond acceptors (Lipinski definition) is 3. The topological polar surface area (TPSA) is 45.9 Å². The number of halogens is 6. The lowest BCUT2D eigenvalue weighted by Gasteiger charge is -2.12. The molecule has 1 aromatic rings. The Kier molecular flexibility index (Phi) is 3.72. The third kappa shape index (κ3) is 3.42. The van der Waals surface area contributed by atoms with Crippen LogP contribution in [0, 0.1) is 11.3 Å². The number of nitriles is 1. The van der Waals surface area contributed by atoms with E-state index in [0.717, 1.165) is 6.07 Å². The van der Waals surface area contributed by atoms with Crippen molar-refractivity contribution in [1.82, 2.24) is 4.98 Å². The molecule has 1 aromatic heterocycles. The van der Waals surface area contributed by atoms with Gasteiger partial charge in [0.25, 0.3) is 6.43 Å². The average molecular weight is 273 g/mol. The zero-order valence-electron chi connectivity index (χ0n) is 7.73. The summed E-state index contributed by atoms with van der Waals surface area (Å²) < 4.78 is 63.9. The molecule has 0 fully saturated rings. The number of alkyl halides is 5. The molecule has 3 nitrogen and oxygen atoms in total. The maximum absolute atomic E-state index is 12.4. The fourth-order valence-corrected chi connectivity index (χ4v) is 1.21. The summed E-state index contributed by atoms with van der Waals surface area (Å²) in [6.45, 7) is 0. The van der Waals surface area contributed by atoms with Gasteiger partial charge in [-0.2, -0.15) is 5.26 Å². The molecule has 0 spiro atoms. The Morgan fingerprint density at radius 2 is 2.00 bits per heavy atom. The molecule has 0 saturated heterocycles. The van der Waals surface area contributed by atoms with E-state index in [-0.39, 0.29) is 0 Å². The van der Waals surface area contributed by atoms with Gasteiger partial charge in [0.1, 0.15) is 11.8 Å². The molecule has 0 N–H and O–H groups in total. The molecule has 0 bridgehead atoms. The van der Waals surface area contributed by atoms with E-state index in [9.17, 15) is 22.0 Å². The number of nitrogens with zero attached hydrogens (tertiary/aromatic N) is 2. The molecule has 0 unspecified atom stereocenters. The minimum atomic E-state index is -5.20. The van der Waals surface area contributed by atoms with Crippen molar-refractivity contribution in [3.63, 3.8) is 0 Å². The van der Waals surface area contributed by atoms with Gasteiger partial charge in [-0.15, -0.1) is 13.2 Å². The third-order valence-corrected chi connectivity index (χ3v) is 1.83. The molecule has 0 amide bonds. The van der Waals surface area contributed by atoms with Crippen LogP contribution < -0.4 is 4.74 Å². The number of ether oxygens (including phenoxy) is 1. The van der Waals surface area contributed by atoms with Crippen LogP contribution in [0.3, 0.4) is 0 Å². The highest BCUT2D eigenvalue weighted by molar-refractivity contribution is 6.31. The van der Waals surface area contributed by atoms with Gasteiger partial charge in [0.2, 0.25) is 5.88 Å². The first-order valence-corrected chi connectivity index (χ1v) is 4.27. The summed E-state index contributed by atoms with van der Waals surface area (Å²) in [4.78, 5) is 2.99. The van der Waals surface area contributed by atoms with E-state index in [2.05, 4.69) is 9.72 Å². The fourth-order valence-electron chi connectivity index (χ4n) is 0.944. The number of pyridine rings is 1. The summed E-state index contributed by atoms with van der Waals surface area (Å²) in [6.07, 6.45) is -8.51. The van der Waals surface area contributed by atoms with Gasteiger partial charge in [0, 0.05) is 0 Å². The Morgan fingerprint density at radius 1 is 1.41 bits per heavy atom. The number of hydrogen-bond donors (Lipinski definition) is 0. The smallest absolute Gasteiger partial charge is 0.387 e. The van der Waals surface area contributed by atoms with Crippen LogP contribution in [-0.4, -0.2) is 11.3 Å². The fraction of sp³-hybridized carbons (Fsp3) is 0.250. The molecule has 17 heavy (non-hydrogen) atoms. The van der Waals surface area contributed by atoms with Gasteiger partial charge in [-0.3, -0.25) is 0 Å². The maximum Gasteiger partial charge on any atom is 0.574 e. The van der Waals surface area contributed by atoms with Crippen LogP contribution in [0.1, 0.15) is 17.7 Å². The largest absolute Gasteiger partial charge is 0.574 e. The summed E-state index contributed by atoms with van der Waals surface area (Å²) >= 11 is 5.32. The van der Waals surface area contributed by atoms with Crippen LogP contribution in [0.5, 0.6) is 5.88 Å². The van der Waals surface area contributed by atoms with Crippen molar-refractivity contribution in [2.24, 2.45) is 0 Å². The predicted molar refractivity (Wildman–Crippen MR) is 45.6 cm³/mol. The summed E-state index contributed by atoms with van der Waals surface area (Å²) in [5, 5.41) is 7.70. The Morgan fingerprint density at radius 3 is 2.41 bits per heavy atom. The average Bonchev–Trinajstić information content (AvgIpc) is 2.13. The monoisotopic (exact) mass is 272 g/mol. The highest BCUT2D eigenvalue weighted by Crippen LogP contribution is 2.36. The van der Waals surface area contributed by atoms with Gasteiger partial charge < -0.3 is 4.74 Å². The minimum absolute atomic E-state index is 0.557. The van der Waals surface area contributed by atoms with E-state index < -0.39 is 34.9 Å². The SMILES string of the molecule is N#Cc1cc(Cl)c(C(F)F)c(OC(F)(F)F)n1. The molecule has 9 heteroatoms. The van der Waals surface area contributed by atoms with Gasteiger partial charge in [0.05, 0.1) is 10.6 Å². The van der Waals surface area contributed by atoms with Crippen LogP contribution in [-0.2, 0) is 0 Å². The van der Waals surface area contributed by atoms with Crippen LogP contribution in [0.15, 0.2) is 6.07 Å². The second-order valence-electron chi connectivity index (χ2n) is 2.67. The molecule has 1 rings (SSSR count). The second kappa shape index (κ2) is 4.71. The maximum atomic E-state index is 12.4. The highest BCUT2D eigenvalue weighted by atomic mass is 35.5. The first kappa shape index (κ1) is 13.4. The summed E-state index contributed by atoms with van der Waals surface area (Å²) in [5.41, 5.74) is -1.76. The summed E-state index contributed by atoms with van der Waals surface area (Å²) in [5.74, 6) is -1.42. The molecule has 0 aliphatic carbocycles. The Hall–Kier alpha value is -1.62. The lowest BCUT2D eigenvalue weighted by atomic mass is 10.2. The standard InChI is InChI=1S/C8H2ClF5N2O/c9-4-1-3(2-15)16-7(5(4)6(10)11)17-8(12,13)14/h1,6H.